The molecule has 1 aromatic heterocycles. The minimum Gasteiger partial charge on any atom is -0.444 e. The Morgan fingerprint density at radius 1 is 1.07 bits per heavy atom. The summed E-state index contributed by atoms with van der Waals surface area (Å²) in [5, 5.41) is 13.0. The van der Waals surface area contributed by atoms with E-state index in [0.717, 1.165) is 77.7 Å². The van der Waals surface area contributed by atoms with E-state index in [1.54, 1.807) is 6.07 Å². The van der Waals surface area contributed by atoms with Gasteiger partial charge in [-0.25, -0.2) is 4.79 Å². The summed E-state index contributed by atoms with van der Waals surface area (Å²) in [4.78, 5) is 46.5. The van der Waals surface area contributed by atoms with E-state index in [1.807, 2.05) is 37.8 Å². The summed E-state index contributed by atoms with van der Waals surface area (Å²) in [6.07, 6.45) is 3.35. The van der Waals surface area contributed by atoms with E-state index in [1.165, 1.54) is 0 Å². The van der Waals surface area contributed by atoms with E-state index < -0.39 is 17.1 Å². The average molecular weight is 612 g/mol. The number of aryl methyl sites for hydroxylation is 1. The number of hydrogen-bond donors (Lipinski definition) is 2. The van der Waals surface area contributed by atoms with Gasteiger partial charge in [-0.1, -0.05) is 33.3 Å². The first kappa shape index (κ1) is 32.1. The molecule has 5 rings (SSSR count). The molecule has 0 atom stereocenters. The first-order chi connectivity index (χ1) is 21.3. The molecule has 1 saturated heterocycles. The maximum Gasteiger partial charge on any atom is 0.407 e. The molecule has 0 bridgehead atoms. The molecule has 0 spiro atoms. The van der Waals surface area contributed by atoms with Gasteiger partial charge in [0.1, 0.15) is 5.60 Å². The molecule has 2 heterocycles. The molecule has 2 N–H and O–H groups in total. The number of alkyl carbamates (subject to hydrolysis) is 1. The molecule has 2 aliphatic rings. The number of carbonyl (C=O) groups excluding carboxylic acids is 3. The molecule has 1 aliphatic carbocycles. The number of aromatic amines is 1. The molecular weight excluding hydrogens is 566 g/mol. The molecule has 9 nitrogen and oxygen atoms in total. The third-order valence-electron chi connectivity index (χ3n) is 9.01. The zero-order valence-electron chi connectivity index (χ0n) is 27.4. The maximum absolute atomic E-state index is 14.0. The Labute approximate surface area is 265 Å². The van der Waals surface area contributed by atoms with Crippen LogP contribution in [-0.2, 0) is 21.4 Å². The Bertz CT molecular complexity index is 1670. The van der Waals surface area contributed by atoms with Crippen LogP contribution in [0.4, 0.5) is 10.5 Å². The predicted octanol–water partition coefficient (Wildman–Crippen LogP) is 6.21. The number of ether oxygens (including phenoxy) is 1. The molecule has 0 saturated carbocycles. The number of nitrogens with one attached hydrogen (secondary N) is 2. The predicted molar refractivity (Wildman–Crippen MR) is 176 cm³/mol. The number of anilines is 1. The van der Waals surface area contributed by atoms with Crippen LogP contribution in [0, 0.1) is 11.3 Å². The Kier molecular flexibility index (Phi) is 8.97. The second kappa shape index (κ2) is 12.6. The fraction of sp³-hybridized carbons (Fsp3) is 0.500. The van der Waals surface area contributed by atoms with Crippen molar-refractivity contribution in [3.05, 3.63) is 63.8 Å². The van der Waals surface area contributed by atoms with Crippen LogP contribution in [0.3, 0.4) is 0 Å². The smallest absolute Gasteiger partial charge is 0.407 e. The van der Waals surface area contributed by atoms with E-state index in [0.29, 0.717) is 37.2 Å². The van der Waals surface area contributed by atoms with Crippen molar-refractivity contribution in [3.8, 4) is 6.07 Å². The number of hydrogen-bond acceptors (Lipinski definition) is 6. The number of ketones is 1. The minimum atomic E-state index is -0.513. The Hall–Kier alpha value is -4.32. The monoisotopic (exact) mass is 611 g/mol. The lowest BCUT2D eigenvalue weighted by atomic mass is 9.70. The topological polar surface area (TPSA) is 119 Å². The molecule has 2 aromatic carbocycles. The van der Waals surface area contributed by atoms with Crippen LogP contribution in [0.15, 0.2) is 30.3 Å². The second-order valence-corrected chi connectivity index (χ2v) is 13.7. The standard InChI is InChI=1S/C36H45N5O4/c1-7-24-20-26-27(36(5,6)33-31(32(26)43)25-13-12-23(22-37)19-28(25)39-33)21-29(24)40-15-17-41(18-16-40)30(42)11-9-8-10-14-38-34(44)45-35(2,3)4/h12-13,19-21,39H,7-11,14-18H2,1-6H3,(H,38,44). The van der Waals surface area contributed by atoms with Crippen LogP contribution in [0.2, 0.25) is 0 Å². The summed E-state index contributed by atoms with van der Waals surface area (Å²) in [5.74, 6) is 0.195. The molecule has 1 aliphatic heterocycles. The molecule has 238 valence electrons. The highest BCUT2D eigenvalue weighted by atomic mass is 16.6. The third-order valence-corrected chi connectivity index (χ3v) is 9.01. The normalized spacial score (nSPS) is 15.8. The summed E-state index contributed by atoms with van der Waals surface area (Å²) in [7, 11) is 0. The van der Waals surface area contributed by atoms with Gasteiger partial charge in [0.2, 0.25) is 5.91 Å². The van der Waals surface area contributed by atoms with E-state index in [-0.39, 0.29) is 11.7 Å². The number of unbranched alkanes of at least 4 members (excludes halogenated alkanes) is 2. The molecular formula is C36H45N5O4. The number of benzene rings is 2. The number of aromatic nitrogens is 1. The summed E-state index contributed by atoms with van der Waals surface area (Å²) in [5.41, 5.74) is 6.01. The SMILES string of the molecule is CCc1cc2c(cc1N1CCN(C(=O)CCCCCNC(=O)OC(C)(C)C)CC1)C(C)(C)c1[nH]c3cc(C#N)ccc3c1C2=O. The molecule has 45 heavy (non-hydrogen) atoms. The van der Waals surface area contributed by atoms with Crippen molar-refractivity contribution in [2.45, 2.75) is 84.7 Å². The van der Waals surface area contributed by atoms with Crippen molar-refractivity contribution in [2.24, 2.45) is 0 Å². The maximum atomic E-state index is 14.0. The van der Waals surface area contributed by atoms with Crippen molar-refractivity contribution in [1.82, 2.24) is 15.2 Å². The van der Waals surface area contributed by atoms with Gasteiger partial charge in [0.15, 0.2) is 5.78 Å². The van der Waals surface area contributed by atoms with Gasteiger partial charge in [-0.3, -0.25) is 9.59 Å². The van der Waals surface area contributed by atoms with E-state index in [4.69, 9.17) is 4.74 Å². The summed E-state index contributed by atoms with van der Waals surface area (Å²) < 4.78 is 5.25. The zero-order chi connectivity index (χ0) is 32.5. The molecule has 0 unspecified atom stereocenters. The van der Waals surface area contributed by atoms with Gasteiger partial charge in [-0.15, -0.1) is 0 Å². The lowest BCUT2D eigenvalue weighted by Gasteiger charge is -2.39. The fourth-order valence-corrected chi connectivity index (χ4v) is 6.59. The number of rotatable bonds is 8. The van der Waals surface area contributed by atoms with Crippen LogP contribution in [0.25, 0.3) is 10.9 Å². The third kappa shape index (κ3) is 6.56. The highest BCUT2D eigenvalue weighted by Crippen LogP contribution is 2.45. The lowest BCUT2D eigenvalue weighted by Crippen LogP contribution is -2.49. The van der Waals surface area contributed by atoms with Gasteiger partial charge in [-0.2, -0.15) is 5.26 Å². The minimum absolute atomic E-state index is 0.0209. The van der Waals surface area contributed by atoms with Gasteiger partial charge in [0, 0.05) is 72.4 Å². The van der Waals surface area contributed by atoms with Crippen molar-refractivity contribution in [3.63, 3.8) is 0 Å². The van der Waals surface area contributed by atoms with Crippen molar-refractivity contribution < 1.29 is 19.1 Å². The number of H-pyrrole nitrogens is 1. The molecule has 9 heteroatoms. The van der Waals surface area contributed by atoms with Gasteiger partial charge in [0.25, 0.3) is 0 Å². The van der Waals surface area contributed by atoms with Crippen molar-refractivity contribution in [2.75, 3.05) is 37.6 Å². The van der Waals surface area contributed by atoms with Gasteiger partial charge in [-0.05, 0) is 75.4 Å². The summed E-state index contributed by atoms with van der Waals surface area (Å²) in [6, 6.07) is 11.9. The molecule has 0 radical (unpaired) electrons. The quantitative estimate of drug-likeness (QED) is 0.293. The Morgan fingerprint density at radius 2 is 1.80 bits per heavy atom. The first-order valence-electron chi connectivity index (χ1n) is 16.1. The zero-order valence-corrected chi connectivity index (χ0v) is 27.4. The fourth-order valence-electron chi connectivity index (χ4n) is 6.59. The van der Waals surface area contributed by atoms with Crippen LogP contribution in [0.1, 0.15) is 106 Å². The number of piperazine rings is 1. The Morgan fingerprint density at radius 3 is 2.47 bits per heavy atom. The van der Waals surface area contributed by atoms with Crippen LogP contribution in [-0.4, -0.2) is 66.0 Å². The van der Waals surface area contributed by atoms with Gasteiger partial charge >= 0.3 is 6.09 Å². The number of fused-ring (bicyclic) bond motifs is 4. The average Bonchev–Trinajstić information content (AvgIpc) is 3.40. The largest absolute Gasteiger partial charge is 0.444 e. The number of nitriles is 1. The van der Waals surface area contributed by atoms with Crippen LogP contribution < -0.4 is 10.2 Å². The lowest BCUT2D eigenvalue weighted by molar-refractivity contribution is -0.131. The number of nitrogens with zero attached hydrogens (tertiary/aromatic N) is 3. The van der Waals surface area contributed by atoms with E-state index >= 15 is 0 Å². The highest BCUT2D eigenvalue weighted by molar-refractivity contribution is 6.20. The summed E-state index contributed by atoms with van der Waals surface area (Å²) in [6.45, 7) is 15.3. The van der Waals surface area contributed by atoms with Gasteiger partial charge < -0.3 is 24.8 Å². The highest BCUT2D eigenvalue weighted by Gasteiger charge is 2.40. The van der Waals surface area contributed by atoms with E-state index in [9.17, 15) is 19.6 Å². The van der Waals surface area contributed by atoms with Crippen LogP contribution in [0.5, 0.6) is 0 Å². The van der Waals surface area contributed by atoms with E-state index in [2.05, 4.69) is 54.2 Å². The molecule has 1 fully saturated rings. The Balaban J connectivity index is 1.22. The van der Waals surface area contributed by atoms with Crippen molar-refractivity contribution in [1.29, 1.82) is 5.26 Å². The first-order valence-corrected chi connectivity index (χ1v) is 16.1. The number of amides is 2. The molecule has 2 amide bonds. The van der Waals surface area contributed by atoms with Gasteiger partial charge in [0.05, 0.1) is 17.2 Å². The molecule has 3 aromatic rings. The van der Waals surface area contributed by atoms with Crippen LogP contribution >= 0.6 is 0 Å². The second-order valence-electron chi connectivity index (χ2n) is 13.7. The number of carbonyl (C=O) groups is 3. The van der Waals surface area contributed by atoms with Crippen molar-refractivity contribution >= 4 is 34.4 Å². The summed E-state index contributed by atoms with van der Waals surface area (Å²) >= 11 is 0.